The van der Waals surface area contributed by atoms with Gasteiger partial charge in [-0.3, -0.25) is 14.3 Å². The Morgan fingerprint density at radius 3 is 2.67 bits per heavy atom. The number of nitrogens with two attached hydrogens (primary N) is 1. The van der Waals surface area contributed by atoms with Crippen molar-refractivity contribution in [3.8, 4) is 5.69 Å². The Kier molecular flexibility index (Phi) is 2.30. The third kappa shape index (κ3) is 1.53. The summed E-state index contributed by atoms with van der Waals surface area (Å²) in [5.74, 6) is -0.472. The maximum absolute atomic E-state index is 11.3. The number of carbonyl (C=O) groups excluding carboxylic acids is 1. The number of hydrogen-bond acceptors (Lipinski definition) is 3. The van der Waals surface area contributed by atoms with Crippen molar-refractivity contribution < 1.29 is 4.79 Å². The minimum Gasteiger partial charge on any atom is -0.366 e. The number of nitrogens with zero attached hydrogens (tertiary/aromatic N) is 3. The molecule has 5 nitrogen and oxygen atoms in total. The highest BCUT2D eigenvalue weighted by atomic mass is 16.1. The molecule has 0 fully saturated rings. The van der Waals surface area contributed by atoms with Crippen LogP contribution in [0.1, 0.15) is 10.4 Å². The maximum Gasteiger partial charge on any atom is 0.250 e. The second-order valence-corrected chi connectivity index (χ2v) is 3.86. The van der Waals surface area contributed by atoms with Gasteiger partial charge in [0, 0.05) is 12.4 Å². The zero-order chi connectivity index (χ0) is 12.5. The summed E-state index contributed by atoms with van der Waals surface area (Å²) in [5.41, 5.74) is 8.16. The molecule has 2 N–H and O–H groups in total. The molecule has 18 heavy (non-hydrogen) atoms. The Morgan fingerprint density at radius 1 is 1.17 bits per heavy atom. The first-order valence-electron chi connectivity index (χ1n) is 5.43. The number of carbonyl (C=O) groups is 1. The molecule has 3 aromatic rings. The Morgan fingerprint density at radius 2 is 1.94 bits per heavy atom. The Labute approximate surface area is 103 Å². The number of amides is 1. The van der Waals surface area contributed by atoms with Gasteiger partial charge in [-0.2, -0.15) is 0 Å². The lowest BCUT2D eigenvalue weighted by Gasteiger charge is -2.03. The number of pyridine rings is 1. The molecule has 0 aliphatic carbocycles. The highest BCUT2D eigenvalue weighted by molar-refractivity contribution is 6.04. The summed E-state index contributed by atoms with van der Waals surface area (Å²) in [6.45, 7) is 0. The van der Waals surface area contributed by atoms with Gasteiger partial charge < -0.3 is 5.73 Å². The second-order valence-electron chi connectivity index (χ2n) is 3.86. The standard InChI is InChI=1S/C13H10N4O/c14-13(18)10-2-1-3-11-12(10)16-8-17(11)9-4-6-15-7-5-9/h1-8H,(H2,14,18). The maximum atomic E-state index is 11.3. The molecule has 0 aliphatic heterocycles. The quantitative estimate of drug-likeness (QED) is 0.735. The van der Waals surface area contributed by atoms with E-state index in [4.69, 9.17) is 5.73 Å². The van der Waals surface area contributed by atoms with E-state index in [1.165, 1.54) is 0 Å². The average Bonchev–Trinajstić information content (AvgIpc) is 2.83. The number of rotatable bonds is 2. The first kappa shape index (κ1) is 10.5. The van der Waals surface area contributed by atoms with Crippen LogP contribution in [0.2, 0.25) is 0 Å². The molecule has 0 aliphatic rings. The van der Waals surface area contributed by atoms with Crippen LogP contribution in [-0.2, 0) is 0 Å². The van der Waals surface area contributed by atoms with Gasteiger partial charge in [-0.1, -0.05) is 6.07 Å². The summed E-state index contributed by atoms with van der Waals surface area (Å²) in [7, 11) is 0. The van der Waals surface area contributed by atoms with E-state index < -0.39 is 5.91 Å². The summed E-state index contributed by atoms with van der Waals surface area (Å²) < 4.78 is 1.89. The van der Waals surface area contributed by atoms with Gasteiger partial charge in [0.15, 0.2) is 0 Å². The smallest absolute Gasteiger partial charge is 0.250 e. The molecule has 2 aromatic heterocycles. The van der Waals surface area contributed by atoms with E-state index in [1.807, 2.05) is 22.8 Å². The molecule has 2 heterocycles. The molecule has 5 heteroatoms. The van der Waals surface area contributed by atoms with Crippen LogP contribution < -0.4 is 5.73 Å². The summed E-state index contributed by atoms with van der Waals surface area (Å²) >= 11 is 0. The molecule has 0 radical (unpaired) electrons. The number of para-hydroxylation sites is 1. The lowest BCUT2D eigenvalue weighted by Crippen LogP contribution is -2.11. The van der Waals surface area contributed by atoms with E-state index in [9.17, 15) is 4.79 Å². The fourth-order valence-electron chi connectivity index (χ4n) is 1.95. The Bertz CT molecular complexity index is 718. The van der Waals surface area contributed by atoms with Crippen molar-refractivity contribution in [2.24, 2.45) is 5.73 Å². The molecule has 88 valence electrons. The number of imidazole rings is 1. The molecule has 1 amide bonds. The third-order valence-electron chi connectivity index (χ3n) is 2.78. The predicted octanol–water partition coefficient (Wildman–Crippen LogP) is 1.52. The normalized spacial score (nSPS) is 10.7. The molecular weight excluding hydrogens is 228 g/mol. The van der Waals surface area contributed by atoms with Crippen molar-refractivity contribution in [2.75, 3.05) is 0 Å². The summed E-state index contributed by atoms with van der Waals surface area (Å²) in [5, 5.41) is 0. The van der Waals surface area contributed by atoms with E-state index in [-0.39, 0.29) is 0 Å². The molecule has 0 saturated carbocycles. The van der Waals surface area contributed by atoms with Crippen LogP contribution in [0.15, 0.2) is 49.1 Å². The van der Waals surface area contributed by atoms with Gasteiger partial charge >= 0.3 is 0 Å². The van der Waals surface area contributed by atoms with Gasteiger partial charge in [-0.15, -0.1) is 0 Å². The topological polar surface area (TPSA) is 73.8 Å². The number of aromatic nitrogens is 3. The SMILES string of the molecule is NC(=O)c1cccc2c1ncn2-c1ccncc1. The predicted molar refractivity (Wildman–Crippen MR) is 67.4 cm³/mol. The third-order valence-corrected chi connectivity index (χ3v) is 2.78. The van der Waals surface area contributed by atoms with Crippen LogP contribution in [0, 0.1) is 0 Å². The van der Waals surface area contributed by atoms with Gasteiger partial charge in [0.2, 0.25) is 0 Å². The lowest BCUT2D eigenvalue weighted by molar-refractivity contribution is 0.100. The largest absolute Gasteiger partial charge is 0.366 e. The van der Waals surface area contributed by atoms with Crippen molar-refractivity contribution >= 4 is 16.9 Å². The highest BCUT2D eigenvalue weighted by Crippen LogP contribution is 2.20. The van der Waals surface area contributed by atoms with E-state index >= 15 is 0 Å². The minimum absolute atomic E-state index is 0.431. The van der Waals surface area contributed by atoms with Crippen molar-refractivity contribution in [1.29, 1.82) is 0 Å². The van der Waals surface area contributed by atoms with Crippen LogP contribution in [0.3, 0.4) is 0 Å². The molecule has 0 atom stereocenters. The van der Waals surface area contributed by atoms with Crippen molar-refractivity contribution in [3.05, 3.63) is 54.6 Å². The van der Waals surface area contributed by atoms with Crippen LogP contribution in [0.5, 0.6) is 0 Å². The zero-order valence-electron chi connectivity index (χ0n) is 9.45. The van der Waals surface area contributed by atoms with Crippen molar-refractivity contribution in [1.82, 2.24) is 14.5 Å². The van der Waals surface area contributed by atoms with Crippen molar-refractivity contribution in [2.45, 2.75) is 0 Å². The fourth-order valence-corrected chi connectivity index (χ4v) is 1.95. The molecule has 0 saturated heterocycles. The van der Waals surface area contributed by atoms with E-state index in [0.29, 0.717) is 11.1 Å². The van der Waals surface area contributed by atoms with Gasteiger partial charge in [0.1, 0.15) is 11.8 Å². The Balaban J connectivity index is 2.28. The van der Waals surface area contributed by atoms with Gasteiger partial charge in [-0.25, -0.2) is 4.98 Å². The first-order valence-corrected chi connectivity index (χ1v) is 5.43. The summed E-state index contributed by atoms with van der Waals surface area (Å²) in [4.78, 5) is 19.6. The zero-order valence-corrected chi connectivity index (χ0v) is 9.45. The average molecular weight is 238 g/mol. The highest BCUT2D eigenvalue weighted by Gasteiger charge is 2.11. The van der Waals surface area contributed by atoms with E-state index in [0.717, 1.165) is 11.2 Å². The van der Waals surface area contributed by atoms with E-state index in [2.05, 4.69) is 9.97 Å². The van der Waals surface area contributed by atoms with Crippen LogP contribution in [-0.4, -0.2) is 20.4 Å². The Hall–Kier alpha value is -2.69. The van der Waals surface area contributed by atoms with Crippen LogP contribution in [0.4, 0.5) is 0 Å². The number of benzene rings is 1. The van der Waals surface area contributed by atoms with Gasteiger partial charge in [0.05, 0.1) is 16.8 Å². The van der Waals surface area contributed by atoms with Gasteiger partial charge in [0.25, 0.3) is 5.91 Å². The van der Waals surface area contributed by atoms with Gasteiger partial charge in [-0.05, 0) is 24.3 Å². The van der Waals surface area contributed by atoms with Crippen LogP contribution >= 0.6 is 0 Å². The molecule has 0 unspecified atom stereocenters. The minimum atomic E-state index is -0.472. The fraction of sp³-hybridized carbons (Fsp3) is 0. The van der Waals surface area contributed by atoms with Crippen LogP contribution in [0.25, 0.3) is 16.7 Å². The number of primary amides is 1. The summed E-state index contributed by atoms with van der Waals surface area (Å²) in [6.07, 6.45) is 5.09. The monoisotopic (exact) mass is 238 g/mol. The molecule has 0 bridgehead atoms. The number of fused-ring (bicyclic) bond motifs is 1. The molecule has 0 spiro atoms. The molecular formula is C13H10N4O. The summed E-state index contributed by atoms with van der Waals surface area (Å²) in [6, 6.07) is 9.11. The molecule has 1 aromatic carbocycles. The lowest BCUT2D eigenvalue weighted by atomic mass is 10.2. The van der Waals surface area contributed by atoms with E-state index in [1.54, 1.807) is 30.9 Å². The first-order chi connectivity index (χ1) is 8.77. The second kappa shape index (κ2) is 3.96. The number of hydrogen-bond donors (Lipinski definition) is 1. The molecule has 3 rings (SSSR count). The van der Waals surface area contributed by atoms with Crippen molar-refractivity contribution in [3.63, 3.8) is 0 Å².